The van der Waals surface area contributed by atoms with E-state index in [1.807, 2.05) is 76.5 Å². The summed E-state index contributed by atoms with van der Waals surface area (Å²) in [6.07, 6.45) is 10.7. The minimum Gasteiger partial charge on any atom is -0.383 e. The Morgan fingerprint density at radius 2 is 2.03 bits per heavy atom. The van der Waals surface area contributed by atoms with Gasteiger partial charge in [-0.05, 0) is 49.4 Å². The number of rotatable bonds is 6. The van der Waals surface area contributed by atoms with Gasteiger partial charge >= 0.3 is 0 Å². The van der Waals surface area contributed by atoms with Gasteiger partial charge in [-0.2, -0.15) is 10.2 Å². The first-order valence-electron chi connectivity index (χ1n) is 11.9. The molecule has 0 aliphatic carbocycles. The Labute approximate surface area is 213 Å². The van der Waals surface area contributed by atoms with Crippen molar-refractivity contribution in [3.8, 4) is 11.3 Å². The summed E-state index contributed by atoms with van der Waals surface area (Å²) >= 11 is 0. The largest absolute Gasteiger partial charge is 0.383 e. The molecule has 5 aromatic rings. The third-order valence-electron chi connectivity index (χ3n) is 6.30. The van der Waals surface area contributed by atoms with Gasteiger partial charge in [0.25, 0.3) is 5.56 Å². The van der Waals surface area contributed by atoms with E-state index in [0.29, 0.717) is 33.6 Å². The summed E-state index contributed by atoms with van der Waals surface area (Å²) in [5.41, 5.74) is 11.3. The molecule has 0 unspecified atom stereocenters. The van der Waals surface area contributed by atoms with Crippen LogP contribution in [0.1, 0.15) is 25.1 Å². The van der Waals surface area contributed by atoms with Crippen LogP contribution >= 0.6 is 0 Å². The Hall–Kier alpha value is -4.79. The standard InChI is InChI=1S/C28H28N8O/c1-6-7-11-22(17(2)3)36-21(12-19-10-8-9-18(4)23(19)28(36)37)15-35-27-24(26(29)30-16-31-27)25(33-35)20-13-32-34(5)14-20/h6-14,16H,2,15H2,1,3-5H3,(H2,29,30,31)/b7-6-,22-11+. The van der Waals surface area contributed by atoms with Gasteiger partial charge in [0, 0.05) is 24.5 Å². The molecule has 0 saturated carbocycles. The summed E-state index contributed by atoms with van der Waals surface area (Å²) in [5, 5.41) is 11.3. The number of aryl methyl sites for hydroxylation is 2. The molecule has 4 aromatic heterocycles. The molecule has 9 nitrogen and oxygen atoms in total. The molecule has 0 aliphatic heterocycles. The van der Waals surface area contributed by atoms with Crippen LogP contribution in [0.15, 0.2) is 78.2 Å². The van der Waals surface area contributed by atoms with Crippen molar-refractivity contribution in [1.82, 2.24) is 34.1 Å². The number of aromatic nitrogens is 7. The third kappa shape index (κ3) is 4.14. The zero-order chi connectivity index (χ0) is 26.3. The van der Waals surface area contributed by atoms with Crippen molar-refractivity contribution in [3.63, 3.8) is 0 Å². The maximum Gasteiger partial charge on any atom is 0.263 e. The smallest absolute Gasteiger partial charge is 0.263 e. The van der Waals surface area contributed by atoms with E-state index in [9.17, 15) is 4.79 Å². The maximum absolute atomic E-state index is 14.0. The minimum atomic E-state index is -0.109. The zero-order valence-corrected chi connectivity index (χ0v) is 21.3. The van der Waals surface area contributed by atoms with Crippen LogP contribution in [0.3, 0.4) is 0 Å². The number of allylic oxidation sites excluding steroid dienone is 5. The summed E-state index contributed by atoms with van der Waals surface area (Å²) < 4.78 is 5.18. The Morgan fingerprint density at radius 1 is 1.22 bits per heavy atom. The van der Waals surface area contributed by atoms with E-state index in [2.05, 4.69) is 21.6 Å². The molecule has 0 atom stereocenters. The highest BCUT2D eigenvalue weighted by molar-refractivity contribution is 5.98. The van der Waals surface area contributed by atoms with E-state index in [0.717, 1.165) is 27.8 Å². The van der Waals surface area contributed by atoms with Crippen LogP contribution in [0.2, 0.25) is 0 Å². The maximum atomic E-state index is 14.0. The summed E-state index contributed by atoms with van der Waals surface area (Å²) in [6, 6.07) is 7.89. The lowest BCUT2D eigenvalue weighted by atomic mass is 10.1. The van der Waals surface area contributed by atoms with Crippen LogP contribution < -0.4 is 11.3 Å². The SMILES string of the molecule is C=C(C)/C(=C\C=C/C)n1c(Cn2nc(-c3cnn(C)c3)c3c(N)ncnc32)cc2cccc(C)c2c1=O. The fourth-order valence-electron chi connectivity index (χ4n) is 4.60. The van der Waals surface area contributed by atoms with Crippen LogP contribution in [0.25, 0.3) is 38.8 Å². The van der Waals surface area contributed by atoms with Gasteiger partial charge in [-0.15, -0.1) is 0 Å². The molecule has 4 heterocycles. The van der Waals surface area contributed by atoms with Crippen LogP contribution in [0.5, 0.6) is 0 Å². The number of fused-ring (bicyclic) bond motifs is 2. The molecular weight excluding hydrogens is 464 g/mol. The molecule has 1 aromatic carbocycles. The fraction of sp³-hybridized carbons (Fsp3) is 0.179. The zero-order valence-electron chi connectivity index (χ0n) is 21.3. The molecule has 5 rings (SSSR count). The summed E-state index contributed by atoms with van der Waals surface area (Å²) in [4.78, 5) is 22.7. The second-order valence-corrected chi connectivity index (χ2v) is 9.04. The van der Waals surface area contributed by atoms with E-state index in [1.165, 1.54) is 6.33 Å². The van der Waals surface area contributed by atoms with Gasteiger partial charge < -0.3 is 5.73 Å². The first-order chi connectivity index (χ1) is 17.8. The molecule has 9 heteroatoms. The highest BCUT2D eigenvalue weighted by atomic mass is 16.1. The number of hydrogen-bond donors (Lipinski definition) is 1. The summed E-state index contributed by atoms with van der Waals surface area (Å²) in [5.74, 6) is 0.331. The van der Waals surface area contributed by atoms with Crippen LogP contribution in [-0.2, 0) is 13.6 Å². The molecule has 0 amide bonds. The molecule has 37 heavy (non-hydrogen) atoms. The summed E-state index contributed by atoms with van der Waals surface area (Å²) in [6.45, 7) is 10.2. The van der Waals surface area contributed by atoms with E-state index in [-0.39, 0.29) is 12.1 Å². The molecule has 186 valence electrons. The van der Waals surface area contributed by atoms with Gasteiger partial charge in [0.15, 0.2) is 5.65 Å². The van der Waals surface area contributed by atoms with Crippen molar-refractivity contribution in [2.45, 2.75) is 27.3 Å². The number of pyridine rings is 1. The molecule has 0 radical (unpaired) electrons. The van der Waals surface area contributed by atoms with E-state index in [1.54, 1.807) is 20.1 Å². The Bertz CT molecular complexity index is 1800. The first-order valence-corrected chi connectivity index (χ1v) is 11.9. The lowest BCUT2D eigenvalue weighted by molar-refractivity contribution is 0.675. The fourth-order valence-corrected chi connectivity index (χ4v) is 4.60. The van der Waals surface area contributed by atoms with Crippen LogP contribution in [0, 0.1) is 6.92 Å². The molecule has 0 bridgehead atoms. The van der Waals surface area contributed by atoms with Gasteiger partial charge in [0.1, 0.15) is 17.8 Å². The van der Waals surface area contributed by atoms with Crippen molar-refractivity contribution in [3.05, 3.63) is 95.0 Å². The molecule has 0 spiro atoms. The van der Waals surface area contributed by atoms with Crippen LogP contribution in [0.4, 0.5) is 5.82 Å². The van der Waals surface area contributed by atoms with Gasteiger partial charge in [-0.25, -0.2) is 14.6 Å². The lowest BCUT2D eigenvalue weighted by Crippen LogP contribution is -2.25. The van der Waals surface area contributed by atoms with E-state index >= 15 is 0 Å². The summed E-state index contributed by atoms with van der Waals surface area (Å²) in [7, 11) is 1.84. The lowest BCUT2D eigenvalue weighted by Gasteiger charge is -2.18. The molecule has 0 aliphatic rings. The molecular formula is C28H28N8O. The van der Waals surface area contributed by atoms with Crippen molar-refractivity contribution in [1.29, 1.82) is 0 Å². The van der Waals surface area contributed by atoms with Crippen molar-refractivity contribution < 1.29 is 0 Å². The predicted molar refractivity (Wildman–Crippen MR) is 148 cm³/mol. The molecule has 0 saturated heterocycles. The van der Waals surface area contributed by atoms with Gasteiger partial charge in [-0.3, -0.25) is 14.0 Å². The number of nitrogen functional groups attached to an aromatic ring is 1. The van der Waals surface area contributed by atoms with E-state index in [4.69, 9.17) is 10.8 Å². The second-order valence-electron chi connectivity index (χ2n) is 9.04. The van der Waals surface area contributed by atoms with Gasteiger partial charge in [-0.1, -0.05) is 36.9 Å². The quantitative estimate of drug-likeness (QED) is 0.350. The number of hydrogen-bond acceptors (Lipinski definition) is 6. The number of nitrogens with two attached hydrogens (primary N) is 1. The van der Waals surface area contributed by atoms with Crippen LogP contribution in [-0.4, -0.2) is 34.1 Å². The van der Waals surface area contributed by atoms with Gasteiger partial charge in [0.2, 0.25) is 0 Å². The average Bonchev–Trinajstić information content (AvgIpc) is 3.45. The first kappa shape index (κ1) is 23.9. The predicted octanol–water partition coefficient (Wildman–Crippen LogP) is 4.47. The molecule has 2 N–H and O–H groups in total. The van der Waals surface area contributed by atoms with Crippen molar-refractivity contribution in [2.75, 3.05) is 5.73 Å². The Morgan fingerprint density at radius 3 is 2.73 bits per heavy atom. The Kier molecular flexibility index (Phi) is 6.04. The van der Waals surface area contributed by atoms with Gasteiger partial charge in [0.05, 0.1) is 29.2 Å². The van der Waals surface area contributed by atoms with Crippen molar-refractivity contribution in [2.24, 2.45) is 7.05 Å². The Balaban J connectivity index is 1.80. The highest BCUT2D eigenvalue weighted by Gasteiger charge is 2.21. The minimum absolute atomic E-state index is 0.109. The second kappa shape index (κ2) is 9.34. The van der Waals surface area contributed by atoms with E-state index < -0.39 is 0 Å². The number of nitrogens with zero attached hydrogens (tertiary/aromatic N) is 7. The highest BCUT2D eigenvalue weighted by Crippen LogP contribution is 2.30. The third-order valence-corrected chi connectivity index (χ3v) is 6.30. The normalized spacial score (nSPS) is 12.3. The monoisotopic (exact) mass is 492 g/mol. The topological polar surface area (TPSA) is 109 Å². The molecule has 0 fully saturated rings. The average molecular weight is 493 g/mol. The van der Waals surface area contributed by atoms with Crippen molar-refractivity contribution >= 4 is 33.3 Å². The number of anilines is 1. The number of benzene rings is 1.